The predicted octanol–water partition coefficient (Wildman–Crippen LogP) is 3.48. The fraction of sp³-hybridized carbons (Fsp3) is 0.333. The third-order valence-electron chi connectivity index (χ3n) is 5.46. The Bertz CT molecular complexity index is 958. The van der Waals surface area contributed by atoms with E-state index in [0.29, 0.717) is 38.9 Å². The highest BCUT2D eigenvalue weighted by atomic mass is 19.2. The minimum absolute atomic E-state index is 0.0963. The summed E-state index contributed by atoms with van der Waals surface area (Å²) in [4.78, 5) is 28.3. The average molecular weight is 403 g/mol. The molecule has 0 bridgehead atoms. The molecule has 4 rings (SSSR count). The van der Waals surface area contributed by atoms with E-state index in [-0.39, 0.29) is 29.4 Å². The summed E-state index contributed by atoms with van der Waals surface area (Å²) < 4.78 is 39.8. The van der Waals surface area contributed by atoms with Gasteiger partial charge in [-0.05, 0) is 61.2 Å². The van der Waals surface area contributed by atoms with Crippen molar-refractivity contribution in [3.8, 4) is 0 Å². The number of piperidine rings is 1. The van der Waals surface area contributed by atoms with Crippen LogP contribution in [0.4, 0.5) is 23.7 Å². The maximum Gasteiger partial charge on any atom is 0.322 e. The summed E-state index contributed by atoms with van der Waals surface area (Å²) in [5.41, 5.74) is 1.63. The quantitative estimate of drug-likeness (QED) is 0.835. The van der Waals surface area contributed by atoms with Gasteiger partial charge in [-0.25, -0.2) is 18.0 Å². The molecule has 0 spiro atoms. The van der Waals surface area contributed by atoms with Gasteiger partial charge in [-0.2, -0.15) is 0 Å². The van der Waals surface area contributed by atoms with Crippen LogP contribution in [0.1, 0.15) is 28.8 Å². The van der Waals surface area contributed by atoms with Gasteiger partial charge < -0.3 is 10.2 Å². The lowest BCUT2D eigenvalue weighted by molar-refractivity contribution is 0.0708. The van der Waals surface area contributed by atoms with Gasteiger partial charge in [-0.3, -0.25) is 9.69 Å². The molecule has 5 nitrogen and oxygen atoms in total. The molecular weight excluding hydrogens is 383 g/mol. The van der Waals surface area contributed by atoms with Crippen LogP contribution in [-0.4, -0.2) is 42.5 Å². The molecule has 1 N–H and O–H groups in total. The van der Waals surface area contributed by atoms with Gasteiger partial charge in [-0.15, -0.1) is 0 Å². The van der Waals surface area contributed by atoms with E-state index >= 15 is 0 Å². The molecule has 152 valence electrons. The molecule has 0 unspecified atom stereocenters. The van der Waals surface area contributed by atoms with E-state index in [1.54, 1.807) is 15.9 Å². The number of benzene rings is 2. The SMILES string of the molecule is O=C(c1ccc(F)c(F)c1)N1CCC(NC(=O)N2CCc3cc(F)ccc32)CC1. The predicted molar refractivity (Wildman–Crippen MR) is 101 cm³/mol. The van der Waals surface area contributed by atoms with Gasteiger partial charge >= 0.3 is 6.03 Å². The van der Waals surface area contributed by atoms with E-state index in [9.17, 15) is 22.8 Å². The molecule has 0 saturated carbocycles. The lowest BCUT2D eigenvalue weighted by Gasteiger charge is -2.33. The molecule has 2 heterocycles. The second-order valence-corrected chi connectivity index (χ2v) is 7.32. The molecule has 3 amide bonds. The van der Waals surface area contributed by atoms with Gasteiger partial charge in [0, 0.05) is 36.9 Å². The van der Waals surface area contributed by atoms with E-state index in [0.717, 1.165) is 23.4 Å². The number of nitrogens with zero attached hydrogens (tertiary/aromatic N) is 2. The van der Waals surface area contributed by atoms with Crippen molar-refractivity contribution in [1.29, 1.82) is 0 Å². The highest BCUT2D eigenvalue weighted by Crippen LogP contribution is 2.28. The number of rotatable bonds is 2. The van der Waals surface area contributed by atoms with Crippen LogP contribution in [0.25, 0.3) is 0 Å². The Morgan fingerprint density at radius 1 is 0.931 bits per heavy atom. The van der Waals surface area contributed by atoms with E-state index in [1.165, 1.54) is 18.2 Å². The zero-order chi connectivity index (χ0) is 20.5. The molecule has 8 heteroatoms. The number of hydrogen-bond donors (Lipinski definition) is 1. The first kappa shape index (κ1) is 19.3. The number of fused-ring (bicyclic) bond motifs is 1. The van der Waals surface area contributed by atoms with Crippen LogP contribution in [-0.2, 0) is 6.42 Å². The Morgan fingerprint density at radius 2 is 1.69 bits per heavy atom. The topological polar surface area (TPSA) is 52.7 Å². The van der Waals surface area contributed by atoms with Crippen LogP contribution < -0.4 is 10.2 Å². The largest absolute Gasteiger partial charge is 0.338 e. The number of hydrogen-bond acceptors (Lipinski definition) is 2. The van der Waals surface area contributed by atoms with Crippen LogP contribution in [0.2, 0.25) is 0 Å². The second-order valence-electron chi connectivity index (χ2n) is 7.32. The molecule has 1 fully saturated rings. The monoisotopic (exact) mass is 403 g/mol. The molecule has 2 aromatic rings. The van der Waals surface area contributed by atoms with Crippen LogP contribution >= 0.6 is 0 Å². The van der Waals surface area contributed by atoms with Crippen LogP contribution in [0.5, 0.6) is 0 Å². The molecule has 29 heavy (non-hydrogen) atoms. The molecule has 1 saturated heterocycles. The zero-order valence-electron chi connectivity index (χ0n) is 15.6. The fourth-order valence-electron chi connectivity index (χ4n) is 3.87. The third-order valence-corrected chi connectivity index (χ3v) is 5.46. The number of nitrogens with one attached hydrogen (secondary N) is 1. The Morgan fingerprint density at radius 3 is 2.41 bits per heavy atom. The summed E-state index contributed by atoms with van der Waals surface area (Å²) in [5, 5.41) is 2.98. The smallest absolute Gasteiger partial charge is 0.322 e. The van der Waals surface area contributed by atoms with E-state index in [1.807, 2.05) is 0 Å². The minimum atomic E-state index is -1.05. The number of carbonyl (C=O) groups excluding carboxylic acids is 2. The number of halogens is 3. The summed E-state index contributed by atoms with van der Waals surface area (Å²) in [7, 11) is 0. The van der Waals surface area contributed by atoms with Crippen molar-refractivity contribution in [1.82, 2.24) is 10.2 Å². The minimum Gasteiger partial charge on any atom is -0.338 e. The number of anilines is 1. The molecule has 2 aliphatic heterocycles. The Kier molecular flexibility index (Phi) is 5.17. The first-order valence-electron chi connectivity index (χ1n) is 9.53. The van der Waals surface area contributed by atoms with Crippen molar-refractivity contribution in [2.75, 3.05) is 24.5 Å². The number of amides is 3. The summed E-state index contributed by atoms with van der Waals surface area (Å²) in [5.74, 6) is -2.72. The van der Waals surface area contributed by atoms with Gasteiger partial charge in [0.25, 0.3) is 5.91 Å². The lowest BCUT2D eigenvalue weighted by Crippen LogP contribution is -2.50. The van der Waals surface area contributed by atoms with Crippen molar-refractivity contribution in [3.05, 3.63) is 65.0 Å². The Balaban J connectivity index is 1.33. The van der Waals surface area contributed by atoms with Crippen LogP contribution in [0.15, 0.2) is 36.4 Å². The van der Waals surface area contributed by atoms with E-state index in [2.05, 4.69) is 5.32 Å². The molecule has 0 aliphatic carbocycles. The molecular formula is C21H20F3N3O2. The molecule has 2 aliphatic rings. The first-order valence-corrected chi connectivity index (χ1v) is 9.53. The normalized spacial score (nSPS) is 16.7. The van der Waals surface area contributed by atoms with E-state index < -0.39 is 11.6 Å². The maximum atomic E-state index is 13.4. The third kappa shape index (κ3) is 3.92. The first-order chi connectivity index (χ1) is 13.9. The Hall–Kier alpha value is -3.03. The van der Waals surface area contributed by atoms with Crippen LogP contribution in [0.3, 0.4) is 0 Å². The molecule has 0 radical (unpaired) electrons. The van der Waals surface area contributed by atoms with Gasteiger partial charge in [0.05, 0.1) is 0 Å². The van der Waals surface area contributed by atoms with Crippen molar-refractivity contribution in [2.45, 2.75) is 25.3 Å². The Labute approximate surface area is 166 Å². The zero-order valence-corrected chi connectivity index (χ0v) is 15.6. The van der Waals surface area contributed by atoms with Gasteiger partial charge in [0.2, 0.25) is 0 Å². The van der Waals surface area contributed by atoms with E-state index in [4.69, 9.17) is 0 Å². The summed E-state index contributed by atoms with van der Waals surface area (Å²) in [6.45, 7) is 1.31. The van der Waals surface area contributed by atoms with Gasteiger partial charge in [0.1, 0.15) is 5.82 Å². The highest BCUT2D eigenvalue weighted by Gasteiger charge is 2.29. The van der Waals surface area contributed by atoms with Crippen molar-refractivity contribution >= 4 is 17.6 Å². The van der Waals surface area contributed by atoms with Crippen molar-refractivity contribution in [3.63, 3.8) is 0 Å². The molecule has 0 aromatic heterocycles. The summed E-state index contributed by atoms with van der Waals surface area (Å²) in [6.07, 6.45) is 1.73. The average Bonchev–Trinajstić information content (AvgIpc) is 3.13. The van der Waals surface area contributed by atoms with Crippen LogP contribution in [0, 0.1) is 17.5 Å². The fourth-order valence-corrected chi connectivity index (χ4v) is 3.87. The maximum absolute atomic E-state index is 13.4. The van der Waals surface area contributed by atoms with Gasteiger partial charge in [0.15, 0.2) is 11.6 Å². The van der Waals surface area contributed by atoms with Crippen molar-refractivity contribution < 1.29 is 22.8 Å². The lowest BCUT2D eigenvalue weighted by atomic mass is 10.0. The molecule has 0 atom stereocenters. The summed E-state index contributed by atoms with van der Waals surface area (Å²) in [6, 6.07) is 7.18. The highest BCUT2D eigenvalue weighted by molar-refractivity contribution is 5.95. The number of urea groups is 1. The van der Waals surface area contributed by atoms with Crippen molar-refractivity contribution in [2.24, 2.45) is 0 Å². The number of likely N-dealkylation sites (tertiary alicyclic amines) is 1. The van der Waals surface area contributed by atoms with Gasteiger partial charge in [-0.1, -0.05) is 0 Å². The second kappa shape index (κ2) is 7.77. The summed E-state index contributed by atoms with van der Waals surface area (Å²) >= 11 is 0. The standard InChI is InChI=1S/C21H20F3N3O2/c22-15-2-4-19-13(11-15)5-10-27(19)21(29)25-16-6-8-26(9-7-16)20(28)14-1-3-17(23)18(24)12-14/h1-4,11-12,16H,5-10H2,(H,25,29). The number of carbonyl (C=O) groups is 2. The molecule has 2 aromatic carbocycles.